The van der Waals surface area contributed by atoms with Gasteiger partial charge in [-0.2, -0.15) is 0 Å². The standard InChI is InChI=1S/C17H24FN3S/c18-15-5-3-4-14(12-15)13-20-8-10-21(11-9-20)17(22)19-16-6-1-2-7-16/h3-5,12,16H,1-2,6-11,13H2,(H,19,22). The van der Waals surface area contributed by atoms with E-state index in [9.17, 15) is 4.39 Å². The van der Waals surface area contributed by atoms with Gasteiger partial charge in [-0.1, -0.05) is 25.0 Å². The smallest absolute Gasteiger partial charge is 0.169 e. The van der Waals surface area contributed by atoms with Crippen LogP contribution in [0.2, 0.25) is 0 Å². The zero-order valence-electron chi connectivity index (χ0n) is 12.9. The number of piperazine rings is 1. The molecule has 1 aliphatic heterocycles. The van der Waals surface area contributed by atoms with Crippen molar-refractivity contribution in [1.29, 1.82) is 0 Å². The van der Waals surface area contributed by atoms with Crippen LogP contribution < -0.4 is 5.32 Å². The Morgan fingerprint density at radius 3 is 2.59 bits per heavy atom. The maximum absolute atomic E-state index is 13.2. The zero-order chi connectivity index (χ0) is 15.4. The molecule has 0 amide bonds. The minimum atomic E-state index is -0.155. The summed E-state index contributed by atoms with van der Waals surface area (Å²) in [5.74, 6) is -0.155. The number of nitrogens with one attached hydrogen (secondary N) is 1. The highest BCUT2D eigenvalue weighted by Crippen LogP contribution is 2.18. The molecule has 1 heterocycles. The predicted molar refractivity (Wildman–Crippen MR) is 91.2 cm³/mol. The first-order valence-electron chi connectivity index (χ1n) is 8.23. The molecule has 22 heavy (non-hydrogen) atoms. The highest BCUT2D eigenvalue weighted by molar-refractivity contribution is 7.80. The van der Waals surface area contributed by atoms with E-state index in [-0.39, 0.29) is 5.82 Å². The molecule has 0 radical (unpaired) electrons. The van der Waals surface area contributed by atoms with E-state index in [1.807, 2.05) is 6.07 Å². The maximum atomic E-state index is 13.2. The Kier molecular flexibility index (Phi) is 5.26. The summed E-state index contributed by atoms with van der Waals surface area (Å²) in [6, 6.07) is 7.47. The van der Waals surface area contributed by atoms with E-state index in [4.69, 9.17) is 12.2 Å². The molecular formula is C17H24FN3S. The zero-order valence-corrected chi connectivity index (χ0v) is 13.7. The van der Waals surface area contributed by atoms with Crippen LogP contribution >= 0.6 is 12.2 Å². The maximum Gasteiger partial charge on any atom is 0.169 e. The third-order valence-electron chi connectivity index (χ3n) is 4.64. The van der Waals surface area contributed by atoms with Gasteiger partial charge in [-0.05, 0) is 42.8 Å². The Morgan fingerprint density at radius 1 is 1.18 bits per heavy atom. The van der Waals surface area contributed by atoms with Gasteiger partial charge in [0.1, 0.15) is 5.82 Å². The largest absolute Gasteiger partial charge is 0.360 e. The van der Waals surface area contributed by atoms with Crippen LogP contribution in [0.3, 0.4) is 0 Å². The van der Waals surface area contributed by atoms with Crippen molar-refractivity contribution < 1.29 is 4.39 Å². The van der Waals surface area contributed by atoms with E-state index in [1.165, 1.54) is 31.7 Å². The Balaban J connectivity index is 1.44. The molecule has 0 bridgehead atoms. The Morgan fingerprint density at radius 2 is 1.91 bits per heavy atom. The molecule has 0 aromatic heterocycles. The molecule has 2 aliphatic rings. The molecule has 1 aliphatic carbocycles. The average Bonchev–Trinajstić information content (AvgIpc) is 3.01. The summed E-state index contributed by atoms with van der Waals surface area (Å²) in [4.78, 5) is 4.64. The quantitative estimate of drug-likeness (QED) is 0.863. The van der Waals surface area contributed by atoms with E-state index in [1.54, 1.807) is 12.1 Å². The average molecular weight is 321 g/mol. The molecule has 1 aromatic rings. The van der Waals surface area contributed by atoms with Crippen LogP contribution in [0.15, 0.2) is 24.3 Å². The van der Waals surface area contributed by atoms with Crippen molar-refractivity contribution in [2.45, 2.75) is 38.3 Å². The van der Waals surface area contributed by atoms with Gasteiger partial charge in [-0.3, -0.25) is 4.90 Å². The van der Waals surface area contributed by atoms with E-state index >= 15 is 0 Å². The first-order chi connectivity index (χ1) is 10.7. The molecular weight excluding hydrogens is 297 g/mol. The summed E-state index contributed by atoms with van der Waals surface area (Å²) in [5.41, 5.74) is 1.04. The van der Waals surface area contributed by atoms with Gasteiger partial charge in [0.2, 0.25) is 0 Å². The van der Waals surface area contributed by atoms with Gasteiger partial charge in [0, 0.05) is 38.8 Å². The number of hydrogen-bond acceptors (Lipinski definition) is 2. The number of thiocarbonyl (C=S) groups is 1. The molecule has 1 N–H and O–H groups in total. The number of benzene rings is 1. The number of hydrogen-bond donors (Lipinski definition) is 1. The van der Waals surface area contributed by atoms with E-state index < -0.39 is 0 Å². The summed E-state index contributed by atoms with van der Waals surface area (Å²) >= 11 is 5.54. The number of rotatable bonds is 3. The van der Waals surface area contributed by atoms with Crippen molar-refractivity contribution in [3.05, 3.63) is 35.6 Å². The molecule has 0 atom stereocenters. The number of nitrogens with zero attached hydrogens (tertiary/aromatic N) is 2. The van der Waals surface area contributed by atoms with E-state index in [0.29, 0.717) is 6.04 Å². The van der Waals surface area contributed by atoms with Crippen LogP contribution in [0.1, 0.15) is 31.2 Å². The monoisotopic (exact) mass is 321 g/mol. The lowest BCUT2D eigenvalue weighted by atomic mass is 10.2. The van der Waals surface area contributed by atoms with Gasteiger partial charge in [-0.15, -0.1) is 0 Å². The molecule has 1 aromatic carbocycles. The fourth-order valence-corrected chi connectivity index (χ4v) is 3.69. The summed E-state index contributed by atoms with van der Waals surface area (Å²) < 4.78 is 13.2. The Hall–Kier alpha value is -1.20. The van der Waals surface area contributed by atoms with Crippen molar-refractivity contribution in [3.8, 4) is 0 Å². The van der Waals surface area contributed by atoms with Gasteiger partial charge in [0.05, 0.1) is 0 Å². The topological polar surface area (TPSA) is 18.5 Å². The van der Waals surface area contributed by atoms with Gasteiger partial charge in [-0.25, -0.2) is 4.39 Å². The summed E-state index contributed by atoms with van der Waals surface area (Å²) in [7, 11) is 0. The van der Waals surface area contributed by atoms with E-state index in [0.717, 1.165) is 43.4 Å². The second-order valence-electron chi connectivity index (χ2n) is 6.32. The second-order valence-corrected chi connectivity index (χ2v) is 6.71. The van der Waals surface area contributed by atoms with Crippen LogP contribution in [-0.2, 0) is 6.54 Å². The molecule has 0 unspecified atom stereocenters. The molecule has 2 fully saturated rings. The van der Waals surface area contributed by atoms with Crippen LogP contribution in [0, 0.1) is 5.82 Å². The summed E-state index contributed by atoms with van der Waals surface area (Å²) in [5, 5.41) is 4.42. The predicted octanol–water partition coefficient (Wildman–Crippen LogP) is 2.76. The number of halogens is 1. The molecule has 3 rings (SSSR count). The molecule has 0 spiro atoms. The van der Waals surface area contributed by atoms with Gasteiger partial charge in [0.15, 0.2) is 5.11 Å². The minimum absolute atomic E-state index is 0.155. The van der Waals surface area contributed by atoms with E-state index in [2.05, 4.69) is 15.1 Å². The lowest BCUT2D eigenvalue weighted by Crippen LogP contribution is -2.52. The van der Waals surface area contributed by atoms with Crippen molar-refractivity contribution in [1.82, 2.24) is 15.1 Å². The SMILES string of the molecule is Fc1cccc(CN2CCN(C(=S)NC3CCCC3)CC2)c1. The van der Waals surface area contributed by atoms with Crippen LogP contribution in [0.25, 0.3) is 0 Å². The fourth-order valence-electron chi connectivity index (χ4n) is 3.34. The molecule has 1 saturated heterocycles. The van der Waals surface area contributed by atoms with Gasteiger partial charge < -0.3 is 10.2 Å². The molecule has 1 saturated carbocycles. The fraction of sp³-hybridized carbons (Fsp3) is 0.588. The lowest BCUT2D eigenvalue weighted by molar-refractivity contribution is 0.174. The highest BCUT2D eigenvalue weighted by Gasteiger charge is 2.22. The second kappa shape index (κ2) is 7.38. The summed E-state index contributed by atoms with van der Waals surface area (Å²) in [6.45, 7) is 4.67. The van der Waals surface area contributed by atoms with Gasteiger partial charge >= 0.3 is 0 Å². The van der Waals surface area contributed by atoms with Crippen molar-refractivity contribution in [3.63, 3.8) is 0 Å². The van der Waals surface area contributed by atoms with Crippen LogP contribution in [-0.4, -0.2) is 47.1 Å². The highest BCUT2D eigenvalue weighted by atomic mass is 32.1. The normalized spacial score (nSPS) is 20.3. The Labute approximate surface area is 137 Å². The molecule has 5 heteroatoms. The third-order valence-corrected chi connectivity index (χ3v) is 5.01. The van der Waals surface area contributed by atoms with Crippen molar-refractivity contribution >= 4 is 17.3 Å². The molecule has 3 nitrogen and oxygen atoms in total. The summed E-state index contributed by atoms with van der Waals surface area (Å²) in [6.07, 6.45) is 5.14. The van der Waals surface area contributed by atoms with Crippen molar-refractivity contribution in [2.24, 2.45) is 0 Å². The molecule has 120 valence electrons. The third kappa shape index (κ3) is 4.17. The first kappa shape index (κ1) is 15.7. The Bertz CT molecular complexity index is 508. The first-order valence-corrected chi connectivity index (χ1v) is 8.64. The minimum Gasteiger partial charge on any atom is -0.360 e. The van der Waals surface area contributed by atoms with Gasteiger partial charge in [0.25, 0.3) is 0 Å². The van der Waals surface area contributed by atoms with Crippen molar-refractivity contribution in [2.75, 3.05) is 26.2 Å². The van der Waals surface area contributed by atoms with Crippen LogP contribution in [0.4, 0.5) is 4.39 Å². The van der Waals surface area contributed by atoms with Crippen LogP contribution in [0.5, 0.6) is 0 Å². The lowest BCUT2D eigenvalue weighted by Gasteiger charge is -2.37.